The second-order valence-corrected chi connectivity index (χ2v) is 6.86. The third-order valence-corrected chi connectivity index (χ3v) is 5.04. The molecule has 3 rings (SSSR count). The molecule has 1 aliphatic rings. The third kappa shape index (κ3) is 3.30. The molecule has 1 heterocycles. The first-order chi connectivity index (χ1) is 11.5. The maximum atomic E-state index is 12.3. The monoisotopic (exact) mass is 328 g/mol. The molecular weight excluding hydrogens is 304 g/mol. The van der Waals surface area contributed by atoms with Crippen molar-refractivity contribution in [3.63, 3.8) is 0 Å². The number of hydrogen-bond donors (Lipinski definition) is 3. The maximum Gasteiger partial charge on any atom is 0.329 e. The number of carboxylic acids is 1. The molecule has 2 aromatic rings. The molecule has 0 bridgehead atoms. The van der Waals surface area contributed by atoms with Crippen LogP contribution in [0.5, 0.6) is 0 Å². The van der Waals surface area contributed by atoms with Gasteiger partial charge in [-0.15, -0.1) is 0 Å². The number of aliphatic carboxylic acids is 1. The largest absolute Gasteiger partial charge is 0.480 e. The average molecular weight is 328 g/mol. The lowest BCUT2D eigenvalue weighted by atomic mass is 9.81. The normalized spacial score (nSPS) is 16.9. The topological polar surface area (TPSA) is 82.2 Å². The number of aromatic nitrogens is 1. The Labute approximate surface area is 141 Å². The Bertz CT molecular complexity index is 757. The SMILES string of the molecule is Cc1ccc2[nH]cc(CCC(=O)NC3(C(=O)O)CCCCC3)c2c1. The van der Waals surface area contributed by atoms with Crippen molar-refractivity contribution in [3.05, 3.63) is 35.5 Å². The highest BCUT2D eigenvalue weighted by molar-refractivity contribution is 5.88. The van der Waals surface area contributed by atoms with Gasteiger partial charge in [0.2, 0.25) is 5.91 Å². The van der Waals surface area contributed by atoms with Crippen LogP contribution in [0.3, 0.4) is 0 Å². The van der Waals surface area contributed by atoms with Crippen LogP contribution in [-0.2, 0) is 16.0 Å². The number of hydrogen-bond acceptors (Lipinski definition) is 2. The van der Waals surface area contributed by atoms with E-state index in [1.165, 1.54) is 5.56 Å². The molecule has 1 aromatic heterocycles. The fourth-order valence-electron chi connectivity index (χ4n) is 3.62. The highest BCUT2D eigenvalue weighted by Gasteiger charge is 2.40. The van der Waals surface area contributed by atoms with Gasteiger partial charge in [-0.25, -0.2) is 4.79 Å². The van der Waals surface area contributed by atoms with Crippen molar-refractivity contribution in [1.29, 1.82) is 0 Å². The quantitative estimate of drug-likeness (QED) is 0.787. The van der Waals surface area contributed by atoms with Crippen molar-refractivity contribution in [1.82, 2.24) is 10.3 Å². The number of carbonyl (C=O) groups is 2. The van der Waals surface area contributed by atoms with Crippen molar-refractivity contribution in [2.75, 3.05) is 0 Å². The minimum atomic E-state index is -1.06. The van der Waals surface area contributed by atoms with E-state index in [1.807, 2.05) is 19.2 Å². The van der Waals surface area contributed by atoms with Crippen LogP contribution in [-0.4, -0.2) is 27.5 Å². The van der Waals surface area contributed by atoms with Crippen LogP contribution in [0.4, 0.5) is 0 Å². The summed E-state index contributed by atoms with van der Waals surface area (Å²) in [6, 6.07) is 6.20. The van der Waals surface area contributed by atoms with Crippen LogP contribution in [0.1, 0.15) is 49.7 Å². The zero-order valence-corrected chi connectivity index (χ0v) is 14.0. The van der Waals surface area contributed by atoms with Gasteiger partial charge < -0.3 is 15.4 Å². The Morgan fingerprint density at radius 3 is 2.71 bits per heavy atom. The van der Waals surface area contributed by atoms with Gasteiger partial charge in [-0.2, -0.15) is 0 Å². The molecule has 128 valence electrons. The van der Waals surface area contributed by atoms with Crippen LogP contribution >= 0.6 is 0 Å². The molecule has 0 unspecified atom stereocenters. The van der Waals surface area contributed by atoms with Crippen molar-refractivity contribution in [2.24, 2.45) is 0 Å². The first-order valence-corrected chi connectivity index (χ1v) is 8.61. The molecule has 0 saturated heterocycles. The number of H-pyrrole nitrogens is 1. The molecule has 1 amide bonds. The molecule has 5 nitrogen and oxygen atoms in total. The molecule has 3 N–H and O–H groups in total. The van der Waals surface area contributed by atoms with Crippen LogP contribution in [0.15, 0.2) is 24.4 Å². The van der Waals surface area contributed by atoms with Gasteiger partial charge in [0.05, 0.1) is 0 Å². The molecule has 0 spiro atoms. The summed E-state index contributed by atoms with van der Waals surface area (Å²) in [6.07, 6.45) is 6.65. The third-order valence-electron chi connectivity index (χ3n) is 5.04. The van der Waals surface area contributed by atoms with E-state index in [9.17, 15) is 14.7 Å². The summed E-state index contributed by atoms with van der Waals surface area (Å²) < 4.78 is 0. The summed E-state index contributed by atoms with van der Waals surface area (Å²) in [5, 5.41) is 13.5. The molecule has 1 aromatic carbocycles. The van der Waals surface area contributed by atoms with E-state index in [1.54, 1.807) is 0 Å². The van der Waals surface area contributed by atoms with E-state index in [0.717, 1.165) is 35.7 Å². The van der Waals surface area contributed by atoms with E-state index in [-0.39, 0.29) is 5.91 Å². The lowest BCUT2D eigenvalue weighted by molar-refractivity contribution is -0.149. The molecule has 5 heteroatoms. The lowest BCUT2D eigenvalue weighted by Crippen LogP contribution is -2.55. The zero-order valence-electron chi connectivity index (χ0n) is 14.0. The number of rotatable bonds is 5. The summed E-state index contributed by atoms with van der Waals surface area (Å²) in [4.78, 5) is 27.2. The molecule has 1 aliphatic carbocycles. The van der Waals surface area contributed by atoms with Crippen LogP contribution in [0.2, 0.25) is 0 Å². The molecule has 1 fully saturated rings. The number of fused-ring (bicyclic) bond motifs is 1. The van der Waals surface area contributed by atoms with Crippen molar-refractivity contribution < 1.29 is 14.7 Å². The molecule has 0 atom stereocenters. The molecular formula is C19H24N2O3. The summed E-state index contributed by atoms with van der Waals surface area (Å²) in [7, 11) is 0. The van der Waals surface area contributed by atoms with Gasteiger partial charge in [-0.05, 0) is 43.9 Å². The number of carboxylic acid groups (broad SMARTS) is 1. The zero-order chi connectivity index (χ0) is 17.2. The van der Waals surface area contributed by atoms with Crippen LogP contribution in [0.25, 0.3) is 10.9 Å². The number of aryl methyl sites for hydroxylation is 2. The van der Waals surface area contributed by atoms with Crippen LogP contribution in [0, 0.1) is 6.92 Å². The van der Waals surface area contributed by atoms with Crippen molar-refractivity contribution in [2.45, 2.75) is 57.4 Å². The Kier molecular flexibility index (Phi) is 4.60. The highest BCUT2D eigenvalue weighted by atomic mass is 16.4. The number of amides is 1. The number of carbonyl (C=O) groups excluding carboxylic acids is 1. The predicted octanol–water partition coefficient (Wildman–Crippen LogP) is 3.31. The van der Waals surface area contributed by atoms with E-state index in [2.05, 4.69) is 22.4 Å². The second-order valence-electron chi connectivity index (χ2n) is 6.86. The van der Waals surface area contributed by atoms with Gasteiger partial charge in [0.25, 0.3) is 0 Å². The van der Waals surface area contributed by atoms with Gasteiger partial charge in [0.1, 0.15) is 5.54 Å². The Morgan fingerprint density at radius 1 is 1.25 bits per heavy atom. The van der Waals surface area contributed by atoms with Crippen molar-refractivity contribution in [3.8, 4) is 0 Å². The fraction of sp³-hybridized carbons (Fsp3) is 0.474. The highest BCUT2D eigenvalue weighted by Crippen LogP contribution is 2.29. The Balaban J connectivity index is 1.66. The maximum absolute atomic E-state index is 12.3. The van der Waals surface area contributed by atoms with Crippen molar-refractivity contribution >= 4 is 22.8 Å². The second kappa shape index (κ2) is 6.67. The number of nitrogens with one attached hydrogen (secondary N) is 2. The van der Waals surface area contributed by atoms with Crippen LogP contribution < -0.4 is 5.32 Å². The van der Waals surface area contributed by atoms with Gasteiger partial charge in [0, 0.05) is 23.5 Å². The predicted molar refractivity (Wildman–Crippen MR) is 93.0 cm³/mol. The molecule has 24 heavy (non-hydrogen) atoms. The number of benzene rings is 1. The van der Waals surface area contributed by atoms with Gasteiger partial charge in [-0.3, -0.25) is 4.79 Å². The van der Waals surface area contributed by atoms with E-state index in [0.29, 0.717) is 25.7 Å². The van der Waals surface area contributed by atoms with E-state index in [4.69, 9.17) is 0 Å². The molecule has 0 radical (unpaired) electrons. The first kappa shape index (κ1) is 16.6. The van der Waals surface area contributed by atoms with Gasteiger partial charge in [-0.1, -0.05) is 30.9 Å². The van der Waals surface area contributed by atoms with Gasteiger partial charge in [0.15, 0.2) is 0 Å². The summed E-state index contributed by atoms with van der Waals surface area (Å²) >= 11 is 0. The fourth-order valence-corrected chi connectivity index (χ4v) is 3.62. The van der Waals surface area contributed by atoms with Gasteiger partial charge >= 0.3 is 5.97 Å². The summed E-state index contributed by atoms with van der Waals surface area (Å²) in [5.41, 5.74) is 2.27. The summed E-state index contributed by atoms with van der Waals surface area (Å²) in [5.74, 6) is -1.08. The minimum absolute atomic E-state index is 0.179. The lowest BCUT2D eigenvalue weighted by Gasteiger charge is -2.34. The van der Waals surface area contributed by atoms with E-state index < -0.39 is 11.5 Å². The molecule has 1 saturated carbocycles. The first-order valence-electron chi connectivity index (χ1n) is 8.61. The average Bonchev–Trinajstić information content (AvgIpc) is 2.96. The molecule has 0 aliphatic heterocycles. The summed E-state index contributed by atoms with van der Waals surface area (Å²) in [6.45, 7) is 2.04. The number of aromatic amines is 1. The Morgan fingerprint density at radius 2 is 2.00 bits per heavy atom. The minimum Gasteiger partial charge on any atom is -0.480 e. The smallest absolute Gasteiger partial charge is 0.329 e. The standard InChI is InChI=1S/C19H24N2O3/c1-13-5-7-16-15(11-13)14(12-20-16)6-8-17(22)21-19(18(23)24)9-3-2-4-10-19/h5,7,11-12,20H,2-4,6,8-10H2,1H3,(H,21,22)(H,23,24). The van der Waals surface area contributed by atoms with E-state index >= 15 is 0 Å². The Hall–Kier alpha value is -2.30.